The molecule has 2 fully saturated rings. The molecule has 1 amide bonds. The molecule has 0 saturated carbocycles. The minimum atomic E-state index is -0.305. The van der Waals surface area contributed by atoms with Crippen LogP contribution in [-0.4, -0.2) is 65.8 Å². The number of benzene rings is 1. The van der Waals surface area contributed by atoms with E-state index in [4.69, 9.17) is 21.3 Å². The van der Waals surface area contributed by atoms with E-state index in [0.717, 1.165) is 66.4 Å². The number of nitrogens with one attached hydrogen (secondary N) is 2. The van der Waals surface area contributed by atoms with Gasteiger partial charge in [-0.3, -0.25) is 19.1 Å². The predicted molar refractivity (Wildman–Crippen MR) is 177 cm³/mol. The summed E-state index contributed by atoms with van der Waals surface area (Å²) in [7, 11) is 2.08. The fourth-order valence-electron chi connectivity index (χ4n) is 6.41. The summed E-state index contributed by atoms with van der Waals surface area (Å²) in [5.74, 6) is 0.569. The molecule has 0 bridgehead atoms. The van der Waals surface area contributed by atoms with Crippen molar-refractivity contribution < 1.29 is 9.53 Å². The maximum Gasteiger partial charge on any atom is 0.260 e. The molecule has 6 rings (SSSR count). The number of ether oxygens (including phenoxy) is 1. The number of hydrogen-bond acceptors (Lipinski definition) is 7. The summed E-state index contributed by atoms with van der Waals surface area (Å²) in [5, 5.41) is 7.98. The molecule has 1 atom stereocenters. The molecule has 3 aliphatic heterocycles. The number of nitrogens with zero attached hydrogens (tertiary/aromatic N) is 4. The SMILES string of the molecule is CCC1=C(NC2CCOCC2)N=c2c(cc(-c3ccc(-c4cccnc4)cc3Cl)c(=O)n2CC(=O)NCC2CCCN2C)=CC1. The third kappa shape index (κ3) is 7.06. The van der Waals surface area contributed by atoms with Crippen LogP contribution in [0.5, 0.6) is 0 Å². The van der Waals surface area contributed by atoms with Crippen LogP contribution in [0.25, 0.3) is 28.3 Å². The van der Waals surface area contributed by atoms with Gasteiger partial charge in [-0.15, -0.1) is 0 Å². The van der Waals surface area contributed by atoms with E-state index in [0.29, 0.717) is 53.9 Å². The van der Waals surface area contributed by atoms with Crippen molar-refractivity contribution in [2.24, 2.45) is 4.99 Å². The first-order valence-corrected chi connectivity index (χ1v) is 16.4. The summed E-state index contributed by atoms with van der Waals surface area (Å²) in [6.07, 6.45) is 11.1. The van der Waals surface area contributed by atoms with Crippen LogP contribution < -0.4 is 26.9 Å². The minimum Gasteiger partial charge on any atom is -0.381 e. The smallest absolute Gasteiger partial charge is 0.260 e. The third-order valence-electron chi connectivity index (χ3n) is 9.16. The molecule has 9 nitrogen and oxygen atoms in total. The molecule has 1 aromatic carbocycles. The van der Waals surface area contributed by atoms with Gasteiger partial charge in [0.25, 0.3) is 5.56 Å². The van der Waals surface area contributed by atoms with Gasteiger partial charge in [0.05, 0.1) is 0 Å². The Labute approximate surface area is 268 Å². The van der Waals surface area contributed by atoms with E-state index in [-0.39, 0.29) is 24.1 Å². The number of carbonyl (C=O) groups excluding carboxylic acids is 1. The molecular weight excluding hydrogens is 588 g/mol. The van der Waals surface area contributed by atoms with Crippen LogP contribution in [-0.2, 0) is 16.1 Å². The maximum absolute atomic E-state index is 14.3. The van der Waals surface area contributed by atoms with E-state index in [9.17, 15) is 9.59 Å². The molecule has 236 valence electrons. The number of rotatable bonds is 9. The summed E-state index contributed by atoms with van der Waals surface area (Å²) in [6.45, 7) is 4.97. The highest BCUT2D eigenvalue weighted by Crippen LogP contribution is 2.30. The van der Waals surface area contributed by atoms with Crippen LogP contribution in [0.2, 0.25) is 5.02 Å². The zero-order valence-electron chi connectivity index (χ0n) is 26.0. The van der Waals surface area contributed by atoms with Crippen molar-refractivity contribution >= 4 is 23.6 Å². The largest absolute Gasteiger partial charge is 0.381 e. The molecule has 45 heavy (non-hydrogen) atoms. The molecule has 0 radical (unpaired) electrons. The van der Waals surface area contributed by atoms with E-state index in [1.807, 2.05) is 36.4 Å². The second kappa shape index (κ2) is 14.1. The number of halogens is 1. The van der Waals surface area contributed by atoms with Gasteiger partial charge < -0.3 is 20.3 Å². The number of carbonyl (C=O) groups is 1. The van der Waals surface area contributed by atoms with E-state index < -0.39 is 0 Å². The van der Waals surface area contributed by atoms with Crippen LogP contribution in [0.1, 0.15) is 45.4 Å². The summed E-state index contributed by atoms with van der Waals surface area (Å²) in [5.41, 5.74) is 4.23. The molecular formula is C35H41ClN6O3. The van der Waals surface area contributed by atoms with Crippen molar-refractivity contribution in [3.05, 3.63) is 86.3 Å². The van der Waals surface area contributed by atoms with Crippen molar-refractivity contribution in [3.63, 3.8) is 0 Å². The van der Waals surface area contributed by atoms with Crippen molar-refractivity contribution in [1.29, 1.82) is 0 Å². The van der Waals surface area contributed by atoms with Crippen LogP contribution in [0, 0.1) is 0 Å². The zero-order valence-corrected chi connectivity index (χ0v) is 26.8. The topological polar surface area (TPSA) is 101 Å². The number of allylic oxidation sites excluding steroid dienone is 1. The van der Waals surface area contributed by atoms with Gasteiger partial charge in [-0.1, -0.05) is 42.8 Å². The highest BCUT2D eigenvalue weighted by Gasteiger charge is 2.23. The standard InChI is InChI=1S/C35H41ClN6O3/c1-3-23-8-9-25-18-30(29-11-10-24(19-31(29)36)26-6-4-14-37-20-26)35(44)42(22-32(43)38-21-28-7-5-15-41(28)2)34(25)40-33(23)39-27-12-16-45-17-13-27/h4,6,9-11,14,18-20,27-28,39H,3,5,7-8,12-13,15-17,21-22H2,1-2H3,(H,38,43). The Morgan fingerprint density at radius 3 is 2.67 bits per heavy atom. The first-order valence-electron chi connectivity index (χ1n) is 16.0. The van der Waals surface area contributed by atoms with Crippen LogP contribution in [0.15, 0.2) is 70.0 Å². The monoisotopic (exact) mass is 628 g/mol. The number of amides is 1. The second-order valence-electron chi connectivity index (χ2n) is 12.1. The van der Waals surface area contributed by atoms with Crippen molar-refractivity contribution in [3.8, 4) is 22.3 Å². The predicted octanol–water partition coefficient (Wildman–Crippen LogP) is 3.64. The number of fused-ring (bicyclic) bond motifs is 1. The quantitative estimate of drug-likeness (QED) is 0.375. The van der Waals surface area contributed by atoms with E-state index >= 15 is 0 Å². The van der Waals surface area contributed by atoms with Crippen LogP contribution >= 0.6 is 11.6 Å². The fraction of sp³-hybridized carbons (Fsp3) is 0.429. The molecule has 2 N–H and O–H groups in total. The molecule has 2 aromatic heterocycles. The Kier molecular flexibility index (Phi) is 9.78. The van der Waals surface area contributed by atoms with Gasteiger partial charge in [0.1, 0.15) is 17.9 Å². The third-order valence-corrected chi connectivity index (χ3v) is 9.47. The number of pyridine rings is 2. The van der Waals surface area contributed by atoms with Gasteiger partial charge in [-0.25, -0.2) is 4.99 Å². The summed E-state index contributed by atoms with van der Waals surface area (Å²) < 4.78 is 7.08. The normalized spacial score (nSPS) is 19.0. The molecule has 0 aliphatic carbocycles. The van der Waals surface area contributed by atoms with Crippen molar-refractivity contribution in [1.82, 2.24) is 25.1 Å². The van der Waals surface area contributed by atoms with Gasteiger partial charge in [-0.2, -0.15) is 0 Å². The maximum atomic E-state index is 14.3. The number of likely N-dealkylation sites (tertiary alicyclic amines) is 1. The lowest BCUT2D eigenvalue weighted by Gasteiger charge is -2.25. The molecule has 1 unspecified atom stereocenters. The molecule has 5 heterocycles. The van der Waals surface area contributed by atoms with E-state index in [2.05, 4.69) is 40.6 Å². The summed E-state index contributed by atoms with van der Waals surface area (Å²) in [4.78, 5) is 39.3. The lowest BCUT2D eigenvalue weighted by atomic mass is 10.0. The Balaban J connectivity index is 1.42. The van der Waals surface area contributed by atoms with E-state index in [1.165, 1.54) is 4.57 Å². The minimum absolute atomic E-state index is 0.139. The molecule has 3 aliphatic rings. The molecule has 2 saturated heterocycles. The lowest BCUT2D eigenvalue weighted by molar-refractivity contribution is -0.122. The molecule has 3 aromatic rings. The second-order valence-corrected chi connectivity index (χ2v) is 12.5. The van der Waals surface area contributed by atoms with Gasteiger partial charge in [-0.05, 0) is 81.5 Å². The number of likely N-dealkylation sites (N-methyl/N-ethyl adjacent to an activating group) is 1. The highest BCUT2D eigenvalue weighted by molar-refractivity contribution is 6.33. The van der Waals surface area contributed by atoms with Crippen molar-refractivity contribution in [2.75, 3.05) is 33.4 Å². The Hall–Kier alpha value is -3.79. The van der Waals surface area contributed by atoms with Crippen molar-refractivity contribution in [2.45, 2.75) is 64.1 Å². The Bertz CT molecular complexity index is 1760. The highest BCUT2D eigenvalue weighted by atomic mass is 35.5. The lowest BCUT2D eigenvalue weighted by Crippen LogP contribution is -2.48. The van der Waals surface area contributed by atoms with Gasteiger partial charge in [0.2, 0.25) is 5.91 Å². The fourth-order valence-corrected chi connectivity index (χ4v) is 6.69. The van der Waals surface area contributed by atoms with E-state index in [1.54, 1.807) is 12.4 Å². The van der Waals surface area contributed by atoms with Crippen LogP contribution in [0.3, 0.4) is 0 Å². The Morgan fingerprint density at radius 2 is 1.96 bits per heavy atom. The molecule has 10 heteroatoms. The molecule has 0 spiro atoms. The summed E-state index contributed by atoms with van der Waals surface area (Å²) >= 11 is 6.86. The van der Waals surface area contributed by atoms with Gasteiger partial charge in [0, 0.05) is 71.2 Å². The van der Waals surface area contributed by atoms with Gasteiger partial charge in [0.15, 0.2) is 0 Å². The Morgan fingerprint density at radius 1 is 1.11 bits per heavy atom. The zero-order chi connectivity index (χ0) is 31.3. The average Bonchev–Trinajstić information content (AvgIpc) is 3.39. The van der Waals surface area contributed by atoms with Gasteiger partial charge >= 0.3 is 0 Å². The average molecular weight is 629 g/mol. The first-order chi connectivity index (χ1) is 21.9. The number of aromatic nitrogens is 2. The first kappa shape index (κ1) is 31.2. The number of hydrogen-bond donors (Lipinski definition) is 2. The summed E-state index contributed by atoms with van der Waals surface area (Å²) in [6, 6.07) is 11.9. The van der Waals surface area contributed by atoms with Crippen LogP contribution in [0.4, 0.5) is 0 Å².